The van der Waals surface area contributed by atoms with E-state index in [1.165, 1.54) is 20.8 Å². The number of hydrogen-bond donors (Lipinski definition) is 16. The van der Waals surface area contributed by atoms with Crippen molar-refractivity contribution in [3.05, 3.63) is 0 Å². The zero-order chi connectivity index (χ0) is 101. The summed E-state index contributed by atoms with van der Waals surface area (Å²) >= 11 is 0. The number of aliphatic hydroxyl groups excluding tert-OH is 10. The number of unbranched alkanes of at least 4 members (excludes halogenated alkanes) is 13. The number of amides is 7. The van der Waals surface area contributed by atoms with E-state index in [0.29, 0.717) is 180 Å². The predicted molar refractivity (Wildman–Crippen MR) is 508 cm³/mol. The van der Waals surface area contributed by atoms with Crippen LogP contribution in [0.4, 0.5) is 4.79 Å². The number of ether oxygens (including phenoxy) is 12. The first-order valence-electron chi connectivity index (χ1n) is 49.9. The van der Waals surface area contributed by atoms with Crippen molar-refractivity contribution >= 4 is 92.4 Å². The van der Waals surface area contributed by atoms with Gasteiger partial charge in [0.05, 0.1) is 105 Å². The maximum Gasteiger partial charge on any atom is 0.407 e. The van der Waals surface area contributed by atoms with Crippen LogP contribution in [0.5, 0.6) is 0 Å². The van der Waals surface area contributed by atoms with E-state index in [0.717, 1.165) is 57.8 Å². The Hall–Kier alpha value is -6.02. The summed E-state index contributed by atoms with van der Waals surface area (Å²) in [4.78, 5) is 155. The van der Waals surface area contributed by atoms with Crippen LogP contribution in [-0.4, -0.2) is 367 Å². The van der Waals surface area contributed by atoms with Crippen LogP contribution in [0.3, 0.4) is 0 Å². The number of aliphatic hydroxyl groups is 10. The molecule has 4 rings (SSSR count). The van der Waals surface area contributed by atoms with Gasteiger partial charge < -0.3 is 145 Å². The van der Waals surface area contributed by atoms with E-state index in [9.17, 15) is 109 Å². The van der Waals surface area contributed by atoms with Gasteiger partial charge in [-0.1, -0.05) is 79.4 Å². The Morgan fingerprint density at radius 3 is 1.20 bits per heavy atom. The van der Waals surface area contributed by atoms with Gasteiger partial charge in [-0.3, -0.25) is 52.7 Å². The highest BCUT2D eigenvalue weighted by Gasteiger charge is 2.49. The third kappa shape index (κ3) is 53.0. The molecule has 0 radical (unpaired) electrons. The molecular weight excluding hydrogens is 1850 g/mol. The zero-order valence-electron chi connectivity index (χ0n) is 82.4. The molecule has 138 heavy (non-hydrogen) atoms. The molecule has 4 aliphatic heterocycles. The molecule has 4 saturated heterocycles. The van der Waals surface area contributed by atoms with Gasteiger partial charge >= 0.3 is 18.0 Å². The second kappa shape index (κ2) is 73.1. The molecule has 0 saturated carbocycles. The quantitative estimate of drug-likeness (QED) is 0.0175. The molecule has 16 N–H and O–H groups in total. The number of hydrogen-bond acceptors (Lipinski definition) is 36. The molecule has 4 heterocycles. The number of Topliss-reactive ketones (excluding diaryl/α,β-unsaturated/α-hetero) is 3. The lowest BCUT2D eigenvalue weighted by atomic mass is 9.71. The molecule has 43 heteroatoms. The number of carbonyl (C=O) groups excluding carboxylic acids is 12. The Kier molecular flexibility index (Phi) is 65.8. The summed E-state index contributed by atoms with van der Waals surface area (Å²) in [5.41, 5.74) is -0.720. The summed E-state index contributed by atoms with van der Waals surface area (Å²) in [5.74, 6) is -1.84. The number of alkyl carbamates (subject to hydrolysis) is 1. The van der Waals surface area contributed by atoms with Crippen LogP contribution in [0.2, 0.25) is 0 Å². The topological polar surface area (TPSA) is 593 Å². The van der Waals surface area contributed by atoms with Crippen molar-refractivity contribution in [2.24, 2.45) is 5.41 Å². The Labute approximate surface area is 821 Å². The summed E-state index contributed by atoms with van der Waals surface area (Å²) in [5, 5.41) is 117. The Morgan fingerprint density at radius 2 is 0.768 bits per heavy atom. The highest BCUT2D eigenvalue weighted by molar-refractivity contribution is 8.77. The van der Waals surface area contributed by atoms with Gasteiger partial charge in [-0.25, -0.2) is 4.79 Å². The molecule has 0 aromatic carbocycles. The van der Waals surface area contributed by atoms with Gasteiger partial charge in [0, 0.05) is 135 Å². The molecule has 798 valence electrons. The molecule has 15 unspecified atom stereocenters. The normalized spacial score (nSPS) is 23.7. The number of nitrogens with zero attached hydrogens (tertiary/aromatic N) is 1. The fourth-order valence-electron chi connectivity index (χ4n) is 16.8. The smallest absolute Gasteiger partial charge is 0.407 e. The number of nitrogens with one attached hydrogen (secondary N) is 6. The van der Waals surface area contributed by atoms with Crippen LogP contribution in [-0.2, 0) is 110 Å². The molecule has 4 aliphatic rings. The minimum atomic E-state index is -1.46. The molecule has 0 bridgehead atoms. The molecule has 0 aromatic heterocycles. The Morgan fingerprint density at radius 1 is 0.384 bits per heavy atom. The minimum absolute atomic E-state index is 0.0212. The number of ketones is 3. The van der Waals surface area contributed by atoms with Crippen molar-refractivity contribution in [3.63, 3.8) is 0 Å². The van der Waals surface area contributed by atoms with E-state index in [4.69, 9.17) is 56.8 Å². The van der Waals surface area contributed by atoms with E-state index in [2.05, 4.69) is 45.7 Å². The van der Waals surface area contributed by atoms with Gasteiger partial charge in [0.25, 0.3) is 0 Å². The van der Waals surface area contributed by atoms with Crippen molar-refractivity contribution in [1.82, 2.24) is 36.8 Å². The van der Waals surface area contributed by atoms with E-state index in [1.807, 2.05) is 0 Å². The Bertz CT molecular complexity index is 3200. The average molecular weight is 2020 g/mol. The van der Waals surface area contributed by atoms with Crippen LogP contribution in [0, 0.1) is 5.41 Å². The predicted octanol–water partition coefficient (Wildman–Crippen LogP) is 4.23. The minimum Gasteiger partial charge on any atom is -0.466 e. The lowest BCUT2D eigenvalue weighted by molar-refractivity contribution is -0.270. The summed E-state index contributed by atoms with van der Waals surface area (Å²) in [6.07, 6.45) is 3.00. The summed E-state index contributed by atoms with van der Waals surface area (Å²) in [6.45, 7) is 9.11. The third-order valence-electron chi connectivity index (χ3n) is 24.7. The molecule has 4 fully saturated rings. The fourth-order valence-corrected chi connectivity index (χ4v) is 19.3. The van der Waals surface area contributed by atoms with E-state index in [-0.39, 0.29) is 181 Å². The standard InChI is InChI=1S/C95H167N7O34S2/c1-65(107)99-81-87(121)84(118)73(62-104)134-90(81)130-47-24-32-69(110)30-16-10-7-15-23-46-98-93(124)133-52-29-42-95(40-27-50-128-79(116)36-17-11-8-13-21-44-96-76(113)33-25-48-131-91-82(100-66(2)108)88(122)85(119)74(63-105)135-91,41-28-51-129-80(117)37-18-12-9-14-22-45-97-77(114)34-26-49-132-92-83(101-67(3)109)89(123)86(120)75(64-106)136-92)59-71(112)39-53-126-54-55-127-56-57-137-138-94(4,5)43-38-70(111)31-19-20-35-78(115)102-60-72(125-6)58-68(102)61-103/h68,72-75,81-92,103-106,118-123H,7-64H2,1-6H3,(H,96,113)(H,97,114)(H,98,124)(H,99,107)(H,100,108)(H,101,109)/t68-,72+,73?,74?,75?,81?,82?,83?,84?,85?,86?,87?,88?,89?,90?,91?,92?,95?/m1/s1. The Balaban J connectivity index is 1.28. The van der Waals surface area contributed by atoms with E-state index < -0.39 is 141 Å². The molecule has 7 amide bonds. The number of methoxy groups -OCH3 is 1. The number of esters is 2. The van der Waals surface area contributed by atoms with Gasteiger partial charge in [0.2, 0.25) is 35.4 Å². The summed E-state index contributed by atoms with van der Waals surface area (Å²) in [7, 11) is 4.95. The fraction of sp³-hybridized carbons (Fsp3) is 0.874. The number of likely N-dealkylation sites (tertiary alicyclic amines) is 1. The molecule has 41 nitrogen and oxygen atoms in total. The lowest BCUT2D eigenvalue weighted by Gasteiger charge is -2.42. The first-order chi connectivity index (χ1) is 66.2. The van der Waals surface area contributed by atoms with Gasteiger partial charge in [0.15, 0.2) is 18.9 Å². The van der Waals surface area contributed by atoms with Gasteiger partial charge in [-0.05, 0) is 141 Å². The molecule has 0 aliphatic carbocycles. The first kappa shape index (κ1) is 124. The van der Waals surface area contributed by atoms with Crippen LogP contribution < -0.4 is 31.9 Å². The van der Waals surface area contributed by atoms with Crippen LogP contribution in [0.15, 0.2) is 0 Å². The number of carbonyl (C=O) groups is 12. The van der Waals surface area contributed by atoms with Crippen LogP contribution in [0.1, 0.15) is 285 Å². The largest absolute Gasteiger partial charge is 0.466 e. The molecule has 0 spiro atoms. The van der Waals surface area contributed by atoms with Crippen LogP contribution >= 0.6 is 21.6 Å². The van der Waals surface area contributed by atoms with Gasteiger partial charge in [0.1, 0.15) is 90.4 Å². The number of rotatable bonds is 80. The van der Waals surface area contributed by atoms with Crippen molar-refractivity contribution in [2.45, 2.75) is 394 Å². The van der Waals surface area contributed by atoms with Gasteiger partial charge in [-0.15, -0.1) is 0 Å². The van der Waals surface area contributed by atoms with Crippen molar-refractivity contribution in [3.8, 4) is 0 Å². The molecule has 17 atom stereocenters. The summed E-state index contributed by atoms with van der Waals surface area (Å²) < 4.78 is 68.2. The summed E-state index contributed by atoms with van der Waals surface area (Å²) in [6, 6.07) is -3.51. The molecular formula is C95H167N7O34S2. The maximum absolute atomic E-state index is 14.3. The van der Waals surface area contributed by atoms with Crippen LogP contribution in [0.25, 0.3) is 0 Å². The second-order valence-electron chi connectivity index (χ2n) is 36.9. The monoisotopic (exact) mass is 2010 g/mol. The van der Waals surface area contributed by atoms with E-state index >= 15 is 0 Å². The SMILES string of the molecule is CO[C@H]1C[C@H](CO)N(C(=O)CCCCC(=O)CCC(C)(C)SSCCOCCOCCC(=O)CC(CCCOC(=O)CCCCCCCNC(=O)CCCOC2OC(CO)C(O)C(O)C2NC(C)=O)(CCCOC(=O)CCCCCCCNC(=O)CCCOC2OC(CO)C(O)C(O)C2NC(C)=O)CCCOC(=O)NCCCCCCCC(=O)CCCOC2OC(CO)C(O)C(O)C2NC(C)=O)C1. The lowest BCUT2D eigenvalue weighted by Crippen LogP contribution is -2.64. The maximum atomic E-state index is 14.3. The van der Waals surface area contributed by atoms with Crippen molar-refractivity contribution < 1.29 is 165 Å². The third-order valence-corrected chi connectivity index (χ3v) is 28.0. The van der Waals surface area contributed by atoms with Crippen molar-refractivity contribution in [2.75, 3.05) is 132 Å². The molecule has 0 aromatic rings. The van der Waals surface area contributed by atoms with Gasteiger partial charge in [-0.2, -0.15) is 0 Å². The second-order valence-corrected chi connectivity index (χ2v) is 40.0. The highest BCUT2D eigenvalue weighted by Crippen LogP contribution is 2.41. The average Bonchev–Trinajstić information content (AvgIpc) is 1.00. The first-order valence-corrected chi connectivity index (χ1v) is 52.2. The highest BCUT2D eigenvalue weighted by atomic mass is 33.1. The zero-order valence-corrected chi connectivity index (χ0v) is 84.0. The van der Waals surface area contributed by atoms with E-state index in [1.54, 1.807) is 33.6 Å². The van der Waals surface area contributed by atoms with Crippen molar-refractivity contribution in [1.29, 1.82) is 0 Å².